The molecule has 1 unspecified atom stereocenters. The summed E-state index contributed by atoms with van der Waals surface area (Å²) in [6, 6.07) is 33.0. The van der Waals surface area contributed by atoms with Crippen molar-refractivity contribution >= 4 is 50.1 Å². The Morgan fingerprint density at radius 2 is 1.32 bits per heavy atom. The zero-order valence-electron chi connectivity index (χ0n) is 22.7. The van der Waals surface area contributed by atoms with Gasteiger partial charge in [0.1, 0.15) is 12.6 Å². The number of nitrogens with one attached hydrogen (secondary N) is 1. The zero-order valence-corrected chi connectivity index (χ0v) is 25.7. The highest BCUT2D eigenvalue weighted by molar-refractivity contribution is 14.1. The van der Waals surface area contributed by atoms with Crippen LogP contribution in [0.1, 0.15) is 18.1 Å². The van der Waals surface area contributed by atoms with E-state index in [1.165, 1.54) is 17.0 Å². The molecular weight excluding hydrogens is 649 g/mol. The van der Waals surface area contributed by atoms with Gasteiger partial charge in [-0.15, -0.1) is 0 Å². The molecule has 0 aromatic heterocycles. The number of rotatable bonds is 12. The third kappa shape index (κ3) is 7.95. The van der Waals surface area contributed by atoms with E-state index in [0.717, 1.165) is 19.0 Å². The molecule has 0 saturated carbocycles. The quantitative estimate of drug-likeness (QED) is 0.207. The van der Waals surface area contributed by atoms with Crippen molar-refractivity contribution in [2.24, 2.45) is 0 Å². The van der Waals surface area contributed by atoms with E-state index in [1.807, 2.05) is 67.6 Å². The maximum absolute atomic E-state index is 14.3. The number of amides is 2. The summed E-state index contributed by atoms with van der Waals surface area (Å²) in [5, 5.41) is 2.87. The maximum atomic E-state index is 14.3. The van der Waals surface area contributed by atoms with E-state index in [-0.39, 0.29) is 23.8 Å². The van der Waals surface area contributed by atoms with Gasteiger partial charge in [-0.05, 0) is 77.0 Å². The van der Waals surface area contributed by atoms with Crippen molar-refractivity contribution in [3.8, 4) is 0 Å². The van der Waals surface area contributed by atoms with Crippen molar-refractivity contribution in [1.82, 2.24) is 10.2 Å². The molecule has 212 valence electrons. The van der Waals surface area contributed by atoms with Crippen molar-refractivity contribution < 1.29 is 18.0 Å². The molecule has 0 aliphatic heterocycles. The standard InChI is InChI=1S/C32H32IN3O4S/c1-2-34-32(38)30(22-25-12-6-3-7-13-25)35(23-26-14-8-4-9-15-26)31(37)24-36(28-20-18-27(33)19-21-28)41(39,40)29-16-10-5-11-17-29/h3-21,30H,2,22-24H2,1H3,(H,34,38). The number of carbonyl (C=O) groups excluding carboxylic acids is 2. The fraction of sp³-hybridized carbons (Fsp3) is 0.188. The van der Waals surface area contributed by atoms with Gasteiger partial charge in [0.15, 0.2) is 0 Å². The van der Waals surface area contributed by atoms with Gasteiger partial charge in [-0.3, -0.25) is 13.9 Å². The molecule has 0 fully saturated rings. The first kappa shape index (κ1) is 30.3. The molecule has 7 nitrogen and oxygen atoms in total. The average Bonchev–Trinajstić information content (AvgIpc) is 2.99. The molecule has 0 aliphatic rings. The number of anilines is 1. The van der Waals surface area contributed by atoms with E-state index in [4.69, 9.17) is 0 Å². The monoisotopic (exact) mass is 681 g/mol. The van der Waals surface area contributed by atoms with Crippen molar-refractivity contribution in [2.45, 2.75) is 30.8 Å². The molecule has 0 aliphatic carbocycles. The molecular formula is C32H32IN3O4S. The van der Waals surface area contributed by atoms with Crippen LogP contribution in [0.5, 0.6) is 0 Å². The second-order valence-electron chi connectivity index (χ2n) is 9.41. The average molecular weight is 682 g/mol. The predicted octanol–water partition coefficient (Wildman–Crippen LogP) is 5.26. The maximum Gasteiger partial charge on any atom is 0.264 e. The Kier molecular flexibility index (Phi) is 10.5. The number of hydrogen-bond donors (Lipinski definition) is 1. The van der Waals surface area contributed by atoms with E-state index in [9.17, 15) is 18.0 Å². The Labute approximate surface area is 255 Å². The highest BCUT2D eigenvalue weighted by Gasteiger charge is 2.34. The van der Waals surface area contributed by atoms with Gasteiger partial charge >= 0.3 is 0 Å². The topological polar surface area (TPSA) is 86.8 Å². The normalized spacial score (nSPS) is 11.9. The van der Waals surface area contributed by atoms with Crippen LogP contribution in [0.25, 0.3) is 0 Å². The van der Waals surface area contributed by atoms with Crippen LogP contribution in [0.3, 0.4) is 0 Å². The first-order valence-corrected chi connectivity index (χ1v) is 15.8. The molecule has 41 heavy (non-hydrogen) atoms. The zero-order chi connectivity index (χ0) is 29.2. The summed E-state index contributed by atoms with van der Waals surface area (Å²) in [4.78, 5) is 29.3. The smallest absolute Gasteiger partial charge is 0.264 e. The van der Waals surface area contributed by atoms with E-state index >= 15 is 0 Å². The van der Waals surface area contributed by atoms with Crippen LogP contribution >= 0.6 is 22.6 Å². The summed E-state index contributed by atoms with van der Waals surface area (Å²) in [6.45, 7) is 1.88. The largest absolute Gasteiger partial charge is 0.355 e. The Bertz CT molecular complexity index is 1530. The van der Waals surface area contributed by atoms with Crippen molar-refractivity contribution in [3.63, 3.8) is 0 Å². The molecule has 0 radical (unpaired) electrons. The van der Waals surface area contributed by atoms with Crippen LogP contribution < -0.4 is 9.62 Å². The summed E-state index contributed by atoms with van der Waals surface area (Å²) in [7, 11) is -4.10. The molecule has 2 amide bonds. The van der Waals surface area contributed by atoms with Crippen LogP contribution in [0, 0.1) is 3.57 Å². The van der Waals surface area contributed by atoms with Crippen LogP contribution in [-0.4, -0.2) is 44.3 Å². The number of likely N-dealkylation sites (N-methyl/N-ethyl adjacent to an activating group) is 1. The number of nitrogens with zero attached hydrogens (tertiary/aromatic N) is 2. The van der Waals surface area contributed by atoms with Gasteiger partial charge in [0, 0.05) is 23.1 Å². The summed E-state index contributed by atoms with van der Waals surface area (Å²) >= 11 is 2.15. The lowest BCUT2D eigenvalue weighted by atomic mass is 10.0. The molecule has 0 saturated heterocycles. The van der Waals surface area contributed by atoms with Crippen LogP contribution in [-0.2, 0) is 32.6 Å². The van der Waals surface area contributed by atoms with Crippen molar-refractivity contribution in [3.05, 3.63) is 130 Å². The van der Waals surface area contributed by atoms with Crippen LogP contribution in [0.4, 0.5) is 5.69 Å². The summed E-state index contributed by atoms with van der Waals surface area (Å²) in [5.41, 5.74) is 2.08. The van der Waals surface area contributed by atoms with Gasteiger partial charge in [-0.1, -0.05) is 78.9 Å². The van der Waals surface area contributed by atoms with Crippen molar-refractivity contribution in [1.29, 1.82) is 0 Å². The number of hydrogen-bond acceptors (Lipinski definition) is 4. The third-order valence-electron chi connectivity index (χ3n) is 6.54. The van der Waals surface area contributed by atoms with Gasteiger partial charge in [0.05, 0.1) is 10.6 Å². The van der Waals surface area contributed by atoms with E-state index in [1.54, 1.807) is 42.5 Å². The van der Waals surface area contributed by atoms with E-state index in [0.29, 0.717) is 12.2 Å². The summed E-state index contributed by atoms with van der Waals surface area (Å²) < 4.78 is 29.9. The van der Waals surface area contributed by atoms with Crippen molar-refractivity contribution in [2.75, 3.05) is 17.4 Å². The van der Waals surface area contributed by atoms with Gasteiger partial charge in [-0.25, -0.2) is 8.42 Å². The molecule has 1 N–H and O–H groups in total. The Hall–Kier alpha value is -3.70. The van der Waals surface area contributed by atoms with Gasteiger partial charge in [0.2, 0.25) is 11.8 Å². The number of carbonyl (C=O) groups is 2. The van der Waals surface area contributed by atoms with E-state index < -0.39 is 28.5 Å². The highest BCUT2D eigenvalue weighted by Crippen LogP contribution is 2.25. The molecule has 4 rings (SSSR count). The first-order chi connectivity index (χ1) is 19.8. The molecule has 4 aromatic rings. The minimum Gasteiger partial charge on any atom is -0.355 e. The van der Waals surface area contributed by atoms with E-state index in [2.05, 4.69) is 27.9 Å². The lowest BCUT2D eigenvalue weighted by Crippen LogP contribution is -2.53. The predicted molar refractivity (Wildman–Crippen MR) is 170 cm³/mol. The lowest BCUT2D eigenvalue weighted by molar-refractivity contribution is -0.140. The minimum absolute atomic E-state index is 0.0746. The third-order valence-corrected chi connectivity index (χ3v) is 9.05. The summed E-state index contributed by atoms with van der Waals surface area (Å²) in [5.74, 6) is -0.786. The SMILES string of the molecule is CCNC(=O)C(Cc1ccccc1)N(Cc1ccccc1)C(=O)CN(c1ccc(I)cc1)S(=O)(=O)c1ccccc1. The second-order valence-corrected chi connectivity index (χ2v) is 12.5. The fourth-order valence-electron chi connectivity index (χ4n) is 4.48. The molecule has 0 spiro atoms. The Morgan fingerprint density at radius 3 is 1.88 bits per heavy atom. The fourth-order valence-corrected chi connectivity index (χ4v) is 6.28. The van der Waals surface area contributed by atoms with Crippen LogP contribution in [0.2, 0.25) is 0 Å². The van der Waals surface area contributed by atoms with Gasteiger partial charge in [-0.2, -0.15) is 0 Å². The number of sulfonamides is 1. The second kappa shape index (κ2) is 14.3. The number of halogens is 1. The first-order valence-electron chi connectivity index (χ1n) is 13.3. The number of benzene rings is 4. The molecule has 0 bridgehead atoms. The van der Waals surface area contributed by atoms with Crippen LogP contribution in [0.15, 0.2) is 120 Å². The highest BCUT2D eigenvalue weighted by atomic mass is 127. The molecule has 1 atom stereocenters. The Morgan fingerprint density at radius 1 is 0.780 bits per heavy atom. The molecule has 9 heteroatoms. The summed E-state index contributed by atoms with van der Waals surface area (Å²) in [6.07, 6.45) is 0.278. The van der Waals surface area contributed by atoms with Gasteiger partial charge in [0.25, 0.3) is 10.0 Å². The molecule has 0 heterocycles. The van der Waals surface area contributed by atoms with Gasteiger partial charge < -0.3 is 10.2 Å². The Balaban J connectivity index is 1.77. The lowest BCUT2D eigenvalue weighted by Gasteiger charge is -2.33. The minimum atomic E-state index is -4.10. The molecule has 4 aromatic carbocycles.